The van der Waals surface area contributed by atoms with Crippen LogP contribution in [0, 0.1) is 0 Å². The maximum absolute atomic E-state index is 6.05. The van der Waals surface area contributed by atoms with Gasteiger partial charge in [-0.3, -0.25) is 0 Å². The maximum atomic E-state index is 6.05. The summed E-state index contributed by atoms with van der Waals surface area (Å²) in [6.07, 6.45) is 2.29. The summed E-state index contributed by atoms with van der Waals surface area (Å²) in [5, 5.41) is 7.78. The molecule has 0 heterocycles. The highest BCUT2D eigenvalue weighted by Crippen LogP contribution is 2.29. The summed E-state index contributed by atoms with van der Waals surface area (Å²) in [6, 6.07) is 5.63. The summed E-state index contributed by atoms with van der Waals surface area (Å²) in [6.45, 7) is 5.14. The minimum atomic E-state index is 0.597. The molecule has 0 bridgehead atoms. The molecule has 0 aliphatic carbocycles. The third kappa shape index (κ3) is 4.60. The fourth-order valence-corrected chi connectivity index (χ4v) is 1.78. The molecule has 2 N–H and O–H groups in total. The largest absolute Gasteiger partial charge is 0.384 e. The van der Waals surface area contributed by atoms with E-state index in [1.54, 1.807) is 6.07 Å². The molecule has 2 nitrogen and oxygen atoms in total. The van der Waals surface area contributed by atoms with Crippen LogP contribution in [0.3, 0.4) is 0 Å². The van der Waals surface area contributed by atoms with Crippen LogP contribution >= 0.6 is 23.2 Å². The third-order valence-electron chi connectivity index (χ3n) is 2.30. The zero-order valence-electron chi connectivity index (χ0n) is 9.52. The van der Waals surface area contributed by atoms with Crippen molar-refractivity contribution in [2.45, 2.75) is 19.8 Å². The van der Waals surface area contributed by atoms with Crippen LogP contribution in [0.5, 0.6) is 0 Å². The number of benzene rings is 1. The van der Waals surface area contributed by atoms with E-state index in [4.69, 9.17) is 23.2 Å². The van der Waals surface area contributed by atoms with Gasteiger partial charge >= 0.3 is 0 Å². The summed E-state index contributed by atoms with van der Waals surface area (Å²) in [5.74, 6) is 0. The lowest BCUT2D eigenvalue weighted by Crippen LogP contribution is -2.15. The summed E-state index contributed by atoms with van der Waals surface area (Å²) in [7, 11) is 0. The molecule has 1 aromatic carbocycles. The molecule has 0 spiro atoms. The Balaban J connectivity index is 2.24. The van der Waals surface area contributed by atoms with E-state index in [9.17, 15) is 0 Å². The molecule has 0 saturated heterocycles. The molecule has 0 amide bonds. The van der Waals surface area contributed by atoms with Crippen molar-refractivity contribution >= 4 is 28.9 Å². The van der Waals surface area contributed by atoms with Crippen molar-refractivity contribution in [2.24, 2.45) is 0 Å². The minimum Gasteiger partial charge on any atom is -0.384 e. The predicted molar refractivity (Wildman–Crippen MR) is 72.7 cm³/mol. The lowest BCUT2D eigenvalue weighted by molar-refractivity contribution is 0.653. The van der Waals surface area contributed by atoms with Gasteiger partial charge in [0.15, 0.2) is 0 Å². The van der Waals surface area contributed by atoms with E-state index in [-0.39, 0.29) is 0 Å². The first-order chi connectivity index (χ1) is 7.75. The van der Waals surface area contributed by atoms with Gasteiger partial charge in [0.1, 0.15) is 0 Å². The Morgan fingerprint density at radius 3 is 2.62 bits per heavy atom. The molecule has 0 aromatic heterocycles. The van der Waals surface area contributed by atoms with Crippen LogP contribution in [0.25, 0.3) is 0 Å². The molecule has 4 heteroatoms. The number of nitrogens with one attached hydrogen (secondary N) is 2. The van der Waals surface area contributed by atoms with Gasteiger partial charge in [0.25, 0.3) is 0 Å². The molecule has 0 unspecified atom stereocenters. The second kappa shape index (κ2) is 7.77. The monoisotopic (exact) mass is 260 g/mol. The zero-order valence-corrected chi connectivity index (χ0v) is 11.0. The van der Waals surface area contributed by atoms with E-state index in [0.29, 0.717) is 10.0 Å². The van der Waals surface area contributed by atoms with Gasteiger partial charge in [0.2, 0.25) is 0 Å². The van der Waals surface area contributed by atoms with Crippen molar-refractivity contribution in [3.63, 3.8) is 0 Å². The molecule has 0 aliphatic heterocycles. The van der Waals surface area contributed by atoms with Crippen LogP contribution < -0.4 is 10.6 Å². The van der Waals surface area contributed by atoms with Crippen molar-refractivity contribution in [3.05, 3.63) is 28.2 Å². The van der Waals surface area contributed by atoms with Gasteiger partial charge in [-0.25, -0.2) is 0 Å². The molecule has 0 fully saturated rings. The number of anilines is 1. The maximum Gasteiger partial charge on any atom is 0.0823 e. The lowest BCUT2D eigenvalue weighted by Gasteiger charge is -2.09. The second-order valence-corrected chi connectivity index (χ2v) is 4.37. The molecule has 0 saturated carbocycles. The Bertz CT molecular complexity index is 316. The van der Waals surface area contributed by atoms with Crippen molar-refractivity contribution in [3.8, 4) is 0 Å². The van der Waals surface area contributed by atoms with Crippen LogP contribution in [0.4, 0.5) is 5.69 Å². The fourth-order valence-electron chi connectivity index (χ4n) is 1.42. The normalized spacial score (nSPS) is 10.4. The van der Waals surface area contributed by atoms with E-state index in [0.717, 1.165) is 31.7 Å². The standard InChI is InChI=1S/C12H18Cl2N2/c1-2-15-8-3-4-9-16-11-7-5-6-10(13)12(11)14/h5-7,15-16H,2-4,8-9H2,1H3. The molecule has 0 aliphatic rings. The van der Waals surface area contributed by atoms with E-state index in [2.05, 4.69) is 17.6 Å². The van der Waals surface area contributed by atoms with Crippen molar-refractivity contribution < 1.29 is 0 Å². The average molecular weight is 261 g/mol. The molecule has 16 heavy (non-hydrogen) atoms. The third-order valence-corrected chi connectivity index (χ3v) is 3.12. The summed E-state index contributed by atoms with van der Waals surface area (Å²) < 4.78 is 0. The highest BCUT2D eigenvalue weighted by atomic mass is 35.5. The first-order valence-corrected chi connectivity index (χ1v) is 6.40. The predicted octanol–water partition coefficient (Wildman–Crippen LogP) is 3.80. The molecular formula is C12H18Cl2N2. The summed E-state index contributed by atoms with van der Waals surface area (Å²) >= 11 is 12.0. The molecule has 90 valence electrons. The van der Waals surface area contributed by atoms with Gasteiger partial charge in [-0.1, -0.05) is 36.2 Å². The highest BCUT2D eigenvalue weighted by Gasteiger charge is 2.02. The van der Waals surface area contributed by atoms with Crippen molar-refractivity contribution in [1.82, 2.24) is 5.32 Å². The van der Waals surface area contributed by atoms with Gasteiger partial charge in [-0.05, 0) is 38.1 Å². The Kier molecular flexibility index (Phi) is 6.62. The number of unbranched alkanes of at least 4 members (excludes halogenated alkanes) is 1. The SMILES string of the molecule is CCNCCCCNc1cccc(Cl)c1Cl. The molecule has 1 rings (SSSR count). The Morgan fingerprint density at radius 2 is 1.88 bits per heavy atom. The first kappa shape index (κ1) is 13.6. The van der Waals surface area contributed by atoms with Gasteiger partial charge in [-0.2, -0.15) is 0 Å². The van der Waals surface area contributed by atoms with Gasteiger partial charge in [-0.15, -0.1) is 0 Å². The Hall–Kier alpha value is -0.440. The van der Waals surface area contributed by atoms with Gasteiger partial charge < -0.3 is 10.6 Å². The van der Waals surface area contributed by atoms with Crippen molar-refractivity contribution in [1.29, 1.82) is 0 Å². The summed E-state index contributed by atoms with van der Waals surface area (Å²) in [5.41, 5.74) is 0.914. The number of hydrogen-bond acceptors (Lipinski definition) is 2. The Morgan fingerprint density at radius 1 is 1.12 bits per heavy atom. The fraction of sp³-hybridized carbons (Fsp3) is 0.500. The number of halogens is 2. The summed E-state index contributed by atoms with van der Waals surface area (Å²) in [4.78, 5) is 0. The molecular weight excluding hydrogens is 243 g/mol. The van der Waals surface area contributed by atoms with Crippen LogP contribution in [-0.2, 0) is 0 Å². The van der Waals surface area contributed by atoms with E-state index < -0.39 is 0 Å². The zero-order chi connectivity index (χ0) is 11.8. The van der Waals surface area contributed by atoms with E-state index in [1.807, 2.05) is 12.1 Å². The van der Waals surface area contributed by atoms with Crippen LogP contribution in [0.1, 0.15) is 19.8 Å². The topological polar surface area (TPSA) is 24.1 Å². The quantitative estimate of drug-likeness (QED) is 0.729. The second-order valence-electron chi connectivity index (χ2n) is 3.59. The molecule has 0 atom stereocenters. The number of hydrogen-bond donors (Lipinski definition) is 2. The van der Waals surface area contributed by atoms with Crippen LogP contribution in [0.15, 0.2) is 18.2 Å². The van der Waals surface area contributed by atoms with Crippen LogP contribution in [-0.4, -0.2) is 19.6 Å². The first-order valence-electron chi connectivity index (χ1n) is 5.64. The minimum absolute atomic E-state index is 0.597. The smallest absolute Gasteiger partial charge is 0.0823 e. The number of rotatable bonds is 7. The van der Waals surface area contributed by atoms with E-state index >= 15 is 0 Å². The molecule has 1 aromatic rings. The average Bonchev–Trinajstić information content (AvgIpc) is 2.29. The van der Waals surface area contributed by atoms with E-state index in [1.165, 1.54) is 6.42 Å². The van der Waals surface area contributed by atoms with Crippen molar-refractivity contribution in [2.75, 3.05) is 25.0 Å². The van der Waals surface area contributed by atoms with Gasteiger partial charge in [0, 0.05) is 6.54 Å². The Labute approximate surface area is 107 Å². The lowest BCUT2D eigenvalue weighted by atomic mass is 10.2. The highest BCUT2D eigenvalue weighted by molar-refractivity contribution is 6.43. The van der Waals surface area contributed by atoms with Gasteiger partial charge in [0.05, 0.1) is 15.7 Å². The van der Waals surface area contributed by atoms with Crippen LogP contribution in [0.2, 0.25) is 10.0 Å². The molecule has 0 radical (unpaired) electrons.